The van der Waals surface area contributed by atoms with Gasteiger partial charge in [-0.25, -0.2) is 8.42 Å². The average Bonchev–Trinajstić information content (AvgIpc) is 3.14. The normalized spacial score (nSPS) is 16.0. The Hall–Kier alpha value is -0.390. The Morgan fingerprint density at radius 1 is 1.15 bits per heavy atom. The zero-order valence-corrected chi connectivity index (χ0v) is 20.3. The van der Waals surface area contributed by atoms with Crippen LogP contribution >= 0.6 is 35.3 Å². The van der Waals surface area contributed by atoms with Gasteiger partial charge < -0.3 is 10.6 Å². The zero-order chi connectivity index (χ0) is 18.8. The van der Waals surface area contributed by atoms with E-state index in [-0.39, 0.29) is 24.0 Å². The van der Waals surface area contributed by atoms with Gasteiger partial charge >= 0.3 is 0 Å². The van der Waals surface area contributed by atoms with Crippen molar-refractivity contribution in [2.24, 2.45) is 4.99 Å². The van der Waals surface area contributed by atoms with Gasteiger partial charge in [0.1, 0.15) is 4.21 Å². The Labute approximate surface area is 185 Å². The zero-order valence-electron chi connectivity index (χ0n) is 16.4. The molecule has 2 N–H and O–H groups in total. The van der Waals surface area contributed by atoms with Crippen LogP contribution in [0, 0.1) is 0 Å². The highest BCUT2D eigenvalue weighted by atomic mass is 127. The number of sulfonamides is 1. The maximum atomic E-state index is 12.7. The average molecular weight is 529 g/mol. The van der Waals surface area contributed by atoms with Gasteiger partial charge in [0.05, 0.1) is 6.54 Å². The van der Waals surface area contributed by atoms with Crippen LogP contribution in [0.2, 0.25) is 0 Å². The third-order valence-corrected chi connectivity index (χ3v) is 7.97. The second kappa shape index (κ2) is 12.9. The van der Waals surface area contributed by atoms with E-state index in [2.05, 4.69) is 22.5 Å². The number of hydrogen-bond donors (Lipinski definition) is 2. The van der Waals surface area contributed by atoms with E-state index in [0.29, 0.717) is 23.8 Å². The van der Waals surface area contributed by atoms with E-state index >= 15 is 0 Å². The van der Waals surface area contributed by atoms with E-state index in [1.54, 1.807) is 17.4 Å². The number of unbranched alkanes of at least 4 members (excludes halogenated alkanes) is 3. The van der Waals surface area contributed by atoms with E-state index in [4.69, 9.17) is 0 Å². The van der Waals surface area contributed by atoms with Gasteiger partial charge in [0, 0.05) is 31.6 Å². The molecular formula is C18H33IN4O2S2. The molecule has 0 aliphatic carbocycles. The van der Waals surface area contributed by atoms with Crippen LogP contribution in [0.1, 0.15) is 56.7 Å². The third kappa shape index (κ3) is 7.86. The van der Waals surface area contributed by atoms with E-state index in [1.807, 2.05) is 6.07 Å². The van der Waals surface area contributed by atoms with Crippen molar-refractivity contribution in [3.63, 3.8) is 0 Å². The lowest BCUT2D eigenvalue weighted by Crippen LogP contribution is -2.37. The molecule has 2 heterocycles. The number of guanidine groups is 1. The summed E-state index contributed by atoms with van der Waals surface area (Å²) in [6, 6.07) is 3.62. The van der Waals surface area contributed by atoms with E-state index in [1.165, 1.54) is 30.6 Å². The first-order valence-corrected chi connectivity index (χ1v) is 11.9. The monoisotopic (exact) mass is 528 g/mol. The first-order valence-electron chi connectivity index (χ1n) is 9.61. The first kappa shape index (κ1) is 24.6. The van der Waals surface area contributed by atoms with Crippen LogP contribution < -0.4 is 10.6 Å². The minimum atomic E-state index is -3.33. The molecule has 0 bridgehead atoms. The van der Waals surface area contributed by atoms with Crippen molar-refractivity contribution in [1.29, 1.82) is 0 Å². The molecule has 1 fully saturated rings. The highest BCUT2D eigenvalue weighted by molar-refractivity contribution is 14.0. The van der Waals surface area contributed by atoms with E-state index in [0.717, 1.165) is 43.1 Å². The number of hydrogen-bond acceptors (Lipinski definition) is 4. The molecule has 1 saturated heterocycles. The number of nitrogens with zero attached hydrogens (tertiary/aromatic N) is 2. The lowest BCUT2D eigenvalue weighted by atomic mass is 10.2. The predicted octanol–water partition coefficient (Wildman–Crippen LogP) is 3.79. The lowest BCUT2D eigenvalue weighted by molar-refractivity contribution is 0.347. The number of nitrogens with one attached hydrogen (secondary N) is 2. The van der Waals surface area contributed by atoms with Crippen LogP contribution in [0.5, 0.6) is 0 Å². The van der Waals surface area contributed by atoms with Crippen molar-refractivity contribution in [1.82, 2.24) is 14.9 Å². The van der Waals surface area contributed by atoms with E-state index in [9.17, 15) is 8.42 Å². The summed E-state index contributed by atoms with van der Waals surface area (Å²) in [5.74, 6) is 0.760. The van der Waals surface area contributed by atoms with Gasteiger partial charge in [-0.2, -0.15) is 4.31 Å². The van der Waals surface area contributed by atoms with Gasteiger partial charge in [-0.3, -0.25) is 4.99 Å². The number of rotatable bonds is 9. The molecule has 1 aromatic heterocycles. The van der Waals surface area contributed by atoms with Crippen LogP contribution in [-0.2, 0) is 16.6 Å². The minimum Gasteiger partial charge on any atom is -0.356 e. The highest BCUT2D eigenvalue weighted by Crippen LogP contribution is 2.26. The van der Waals surface area contributed by atoms with Crippen molar-refractivity contribution < 1.29 is 8.42 Å². The fourth-order valence-corrected chi connectivity index (χ4v) is 5.94. The van der Waals surface area contributed by atoms with Crippen molar-refractivity contribution in [2.45, 2.75) is 62.6 Å². The Kier molecular flexibility index (Phi) is 11.8. The van der Waals surface area contributed by atoms with Crippen molar-refractivity contribution in [2.75, 3.05) is 26.7 Å². The molecule has 1 aliphatic heterocycles. The molecule has 0 radical (unpaired) electrons. The van der Waals surface area contributed by atoms with Crippen LogP contribution in [0.25, 0.3) is 0 Å². The first-order chi connectivity index (χ1) is 12.6. The third-order valence-electron chi connectivity index (χ3n) is 4.52. The van der Waals surface area contributed by atoms with Gasteiger partial charge in [-0.15, -0.1) is 35.3 Å². The SMILES string of the molecule is CCCCCCNC(=NC)NCc1ccc(S(=O)(=O)N2CCCCC2)s1.I. The molecule has 2 rings (SSSR count). The summed E-state index contributed by atoms with van der Waals surface area (Å²) in [5, 5.41) is 6.57. The fraction of sp³-hybridized carbons (Fsp3) is 0.722. The summed E-state index contributed by atoms with van der Waals surface area (Å²) in [7, 11) is -1.58. The summed E-state index contributed by atoms with van der Waals surface area (Å²) in [6.45, 7) is 4.97. The lowest BCUT2D eigenvalue weighted by Gasteiger charge is -2.25. The standard InChI is InChI=1S/C18H32N4O2S2.HI/c1-3-4-5-7-12-20-18(19-2)21-15-16-10-11-17(25-16)26(23,24)22-13-8-6-9-14-22;/h10-11H,3-9,12-15H2,1-2H3,(H2,19,20,21);1H. The van der Waals surface area contributed by atoms with Gasteiger partial charge in [0.25, 0.3) is 10.0 Å². The molecule has 0 amide bonds. The number of halogens is 1. The molecular weight excluding hydrogens is 495 g/mol. The van der Waals surface area contributed by atoms with Gasteiger partial charge in [0.15, 0.2) is 5.96 Å². The van der Waals surface area contributed by atoms with Gasteiger partial charge in [-0.1, -0.05) is 32.6 Å². The molecule has 1 aromatic rings. The van der Waals surface area contributed by atoms with Crippen molar-refractivity contribution in [3.8, 4) is 0 Å². The van der Waals surface area contributed by atoms with E-state index < -0.39 is 10.0 Å². The van der Waals surface area contributed by atoms with Crippen LogP contribution in [-0.4, -0.2) is 45.4 Å². The van der Waals surface area contributed by atoms with Gasteiger partial charge in [-0.05, 0) is 31.4 Å². The molecule has 0 unspecified atom stereocenters. The Morgan fingerprint density at radius 3 is 2.56 bits per heavy atom. The molecule has 0 spiro atoms. The summed E-state index contributed by atoms with van der Waals surface area (Å²) >= 11 is 1.35. The smallest absolute Gasteiger partial charge is 0.252 e. The molecule has 6 nitrogen and oxygen atoms in total. The van der Waals surface area contributed by atoms with Crippen LogP contribution in [0.4, 0.5) is 0 Å². The second-order valence-electron chi connectivity index (χ2n) is 6.60. The Morgan fingerprint density at radius 2 is 1.89 bits per heavy atom. The molecule has 0 aromatic carbocycles. The second-order valence-corrected chi connectivity index (χ2v) is 9.93. The predicted molar refractivity (Wildman–Crippen MR) is 125 cm³/mol. The molecule has 9 heteroatoms. The van der Waals surface area contributed by atoms with Crippen molar-refractivity contribution >= 4 is 51.3 Å². The van der Waals surface area contributed by atoms with Gasteiger partial charge in [0.2, 0.25) is 0 Å². The van der Waals surface area contributed by atoms with Crippen LogP contribution in [0.15, 0.2) is 21.3 Å². The maximum absolute atomic E-state index is 12.7. The number of piperidine rings is 1. The topological polar surface area (TPSA) is 73.8 Å². The summed E-state index contributed by atoms with van der Waals surface area (Å²) in [4.78, 5) is 5.22. The molecule has 156 valence electrons. The molecule has 0 saturated carbocycles. The highest BCUT2D eigenvalue weighted by Gasteiger charge is 2.27. The van der Waals surface area contributed by atoms with Crippen molar-refractivity contribution in [3.05, 3.63) is 17.0 Å². The maximum Gasteiger partial charge on any atom is 0.252 e. The Balaban J connectivity index is 0.00000364. The summed E-state index contributed by atoms with van der Waals surface area (Å²) < 4.78 is 27.5. The molecule has 1 aliphatic rings. The van der Waals surface area contributed by atoms with Crippen LogP contribution in [0.3, 0.4) is 0 Å². The largest absolute Gasteiger partial charge is 0.356 e. The summed E-state index contributed by atoms with van der Waals surface area (Å²) in [5.41, 5.74) is 0. The number of thiophene rings is 1. The minimum absolute atomic E-state index is 0. The number of aliphatic imine (C=N–C) groups is 1. The molecule has 0 atom stereocenters. The summed E-state index contributed by atoms with van der Waals surface area (Å²) in [6.07, 6.45) is 7.88. The Bertz CT molecular complexity index is 671. The fourth-order valence-electron chi connectivity index (χ4n) is 2.97. The quantitative estimate of drug-likeness (QED) is 0.222. The molecule has 27 heavy (non-hydrogen) atoms.